The molecule has 2 aliphatic heterocycles. The predicted octanol–water partition coefficient (Wildman–Crippen LogP) is 5.26. The summed E-state index contributed by atoms with van der Waals surface area (Å²) in [6, 6.07) is 1.99. The topological polar surface area (TPSA) is 49.1 Å². The molecule has 0 amide bonds. The fourth-order valence-electron chi connectivity index (χ4n) is 1.87. The lowest BCUT2D eigenvalue weighted by Crippen LogP contribution is -2.25. The number of hydrogen-bond donors (Lipinski definition) is 1. The molecule has 3 rings (SSSR count). The minimum absolute atomic E-state index is 0.300. The maximum absolute atomic E-state index is 6.28. The van der Waals surface area contributed by atoms with Crippen LogP contribution in [0.15, 0.2) is 19.8 Å². The van der Waals surface area contributed by atoms with Crippen molar-refractivity contribution in [1.29, 1.82) is 0 Å². The van der Waals surface area contributed by atoms with E-state index in [2.05, 4.69) is 32.9 Å². The van der Waals surface area contributed by atoms with Crippen molar-refractivity contribution in [3.8, 4) is 0 Å². The summed E-state index contributed by atoms with van der Waals surface area (Å²) in [4.78, 5) is 4.65. The molecule has 8 heteroatoms. The van der Waals surface area contributed by atoms with Gasteiger partial charge in [0.15, 0.2) is 5.17 Å². The first-order valence-electron chi connectivity index (χ1n) is 6.14. The number of amidine groups is 1. The summed E-state index contributed by atoms with van der Waals surface area (Å²) < 4.78 is 8.47. The zero-order valence-electron chi connectivity index (χ0n) is 10.9. The van der Waals surface area contributed by atoms with E-state index in [-0.39, 0.29) is 0 Å². The Kier molecular flexibility index (Phi) is 4.08. The first-order chi connectivity index (χ1) is 9.56. The summed E-state index contributed by atoms with van der Waals surface area (Å²) >= 11 is 15.2. The highest BCUT2D eigenvalue weighted by Crippen LogP contribution is 2.48. The second-order valence-corrected chi connectivity index (χ2v) is 7.12. The number of halogens is 2. The molecule has 1 aromatic carbocycles. The first kappa shape index (κ1) is 14.4. The molecule has 4 nitrogen and oxygen atoms in total. The molecule has 1 aromatic rings. The van der Waals surface area contributed by atoms with Gasteiger partial charge in [-0.25, -0.2) is 0 Å². The second kappa shape index (κ2) is 5.67. The van der Waals surface area contributed by atoms with Gasteiger partial charge in [0.25, 0.3) is 0 Å². The monoisotopic (exact) mass is 346 g/mol. The summed E-state index contributed by atoms with van der Waals surface area (Å²) in [5, 5.41) is 5.20. The molecule has 0 aliphatic carbocycles. The van der Waals surface area contributed by atoms with Crippen molar-refractivity contribution in [1.82, 2.24) is 0 Å². The van der Waals surface area contributed by atoms with Crippen LogP contribution in [0.3, 0.4) is 0 Å². The molecule has 0 spiro atoms. The number of aliphatic imine (C=N–C) groups is 1. The summed E-state index contributed by atoms with van der Waals surface area (Å²) in [6.07, 6.45) is 0. The molecule has 0 bridgehead atoms. The molecule has 2 unspecified atom stereocenters. The van der Waals surface area contributed by atoms with Gasteiger partial charge in [0.1, 0.15) is 11.4 Å². The van der Waals surface area contributed by atoms with E-state index in [1.807, 2.05) is 0 Å². The zero-order chi connectivity index (χ0) is 14.3. The minimum atomic E-state index is 0.300. The van der Waals surface area contributed by atoms with Gasteiger partial charge in [-0.15, -0.1) is 0 Å². The van der Waals surface area contributed by atoms with Crippen LogP contribution in [0, 0.1) is 5.92 Å². The molecule has 0 saturated heterocycles. The highest BCUT2D eigenvalue weighted by atomic mass is 35.5. The van der Waals surface area contributed by atoms with Crippen LogP contribution in [0.4, 0.5) is 17.1 Å². The van der Waals surface area contributed by atoms with Gasteiger partial charge >= 0.3 is 0 Å². The number of fused-ring (bicyclic) bond motifs is 1. The molecule has 0 radical (unpaired) electrons. The van der Waals surface area contributed by atoms with Crippen LogP contribution < -0.4 is 5.32 Å². The lowest BCUT2D eigenvalue weighted by molar-refractivity contribution is 0.537. The van der Waals surface area contributed by atoms with Crippen LogP contribution in [0.1, 0.15) is 13.8 Å². The molecule has 0 fully saturated rings. The number of hydrogen-bond acceptors (Lipinski definition) is 5. The fraction of sp³-hybridized carbons (Fsp3) is 0.417. The Bertz CT molecular complexity index is 668. The largest absolute Gasteiger partial charge is 0.332 e. The summed E-state index contributed by atoms with van der Waals surface area (Å²) in [7, 11) is 0. The van der Waals surface area contributed by atoms with E-state index in [0.29, 0.717) is 33.4 Å². The number of nitrogens with zero attached hydrogens (tertiary/aromatic N) is 3. The van der Waals surface area contributed by atoms with E-state index in [9.17, 15) is 0 Å². The third kappa shape index (κ3) is 2.62. The molecule has 1 N–H and O–H groups in total. The number of anilines is 1. The Balaban J connectivity index is 1.95. The smallest absolute Gasteiger partial charge is 0.161 e. The van der Waals surface area contributed by atoms with Crippen molar-refractivity contribution in [2.24, 2.45) is 19.6 Å². The third-order valence-electron chi connectivity index (χ3n) is 3.30. The zero-order valence-corrected chi connectivity index (χ0v) is 14.0. The Morgan fingerprint density at radius 3 is 2.70 bits per heavy atom. The molecule has 2 aliphatic rings. The van der Waals surface area contributed by atoms with Crippen LogP contribution >= 0.6 is 35.0 Å². The summed E-state index contributed by atoms with van der Waals surface area (Å²) in [5.41, 5.74) is 2.10. The molecule has 2 heterocycles. The molecule has 20 heavy (non-hydrogen) atoms. The average molecular weight is 347 g/mol. The number of nitrogens with one attached hydrogen (secondary N) is 1. The van der Waals surface area contributed by atoms with E-state index in [1.54, 1.807) is 17.8 Å². The van der Waals surface area contributed by atoms with Crippen molar-refractivity contribution in [2.75, 3.05) is 11.1 Å². The van der Waals surface area contributed by atoms with Crippen LogP contribution in [-0.2, 0) is 11.4 Å². The molecular weight excluding hydrogens is 335 g/mol. The molecule has 106 valence electrons. The Hall–Kier alpha value is -0.560. The lowest BCUT2D eigenvalue weighted by atomic mass is 10.1. The van der Waals surface area contributed by atoms with Gasteiger partial charge in [-0.2, -0.15) is 8.73 Å². The van der Waals surface area contributed by atoms with Crippen molar-refractivity contribution in [3.05, 3.63) is 16.1 Å². The van der Waals surface area contributed by atoms with Crippen LogP contribution in [0.5, 0.6) is 0 Å². The van der Waals surface area contributed by atoms with Gasteiger partial charge in [0.05, 0.1) is 33.1 Å². The highest BCUT2D eigenvalue weighted by molar-refractivity contribution is 8.14. The SMILES string of the molecule is CC1CSC(Nc2c(Cl)cc(Cl)c3c2N=S=N3)=NC1C. The van der Waals surface area contributed by atoms with Crippen molar-refractivity contribution >= 4 is 68.5 Å². The summed E-state index contributed by atoms with van der Waals surface area (Å²) in [5.74, 6) is 1.61. The molecule has 0 saturated carbocycles. The van der Waals surface area contributed by atoms with Crippen LogP contribution in [0.25, 0.3) is 0 Å². The van der Waals surface area contributed by atoms with E-state index in [0.717, 1.165) is 28.0 Å². The standard InChI is InChI=1S/C12H12Cl2N4S2/c1-5-4-19-12(15-6(5)2)16-9-7(13)3-8(14)10-11(9)18-20-17-10/h3,5-6H,4H2,1-2H3,(H,15,16). The van der Waals surface area contributed by atoms with Gasteiger partial charge in [0, 0.05) is 5.75 Å². The number of rotatable bonds is 1. The van der Waals surface area contributed by atoms with E-state index in [4.69, 9.17) is 23.2 Å². The van der Waals surface area contributed by atoms with Gasteiger partial charge in [-0.05, 0) is 18.9 Å². The normalized spacial score (nSPS) is 24.1. The predicted molar refractivity (Wildman–Crippen MR) is 90.1 cm³/mol. The number of benzene rings is 1. The molecule has 0 aromatic heterocycles. The van der Waals surface area contributed by atoms with E-state index < -0.39 is 0 Å². The highest BCUT2D eigenvalue weighted by Gasteiger charge is 2.23. The Morgan fingerprint density at radius 1 is 1.20 bits per heavy atom. The second-order valence-electron chi connectivity index (χ2n) is 4.76. The van der Waals surface area contributed by atoms with Crippen molar-refractivity contribution in [3.63, 3.8) is 0 Å². The minimum Gasteiger partial charge on any atom is -0.332 e. The average Bonchev–Trinajstić information content (AvgIpc) is 2.88. The Labute approximate surface area is 135 Å². The Morgan fingerprint density at radius 2 is 1.95 bits per heavy atom. The maximum Gasteiger partial charge on any atom is 0.161 e. The van der Waals surface area contributed by atoms with Crippen molar-refractivity contribution < 1.29 is 0 Å². The lowest BCUT2D eigenvalue weighted by Gasteiger charge is -2.24. The van der Waals surface area contributed by atoms with Crippen LogP contribution in [-0.4, -0.2) is 17.0 Å². The van der Waals surface area contributed by atoms with Gasteiger partial charge in [-0.3, -0.25) is 4.99 Å². The fourth-order valence-corrected chi connectivity index (χ4v) is 4.14. The van der Waals surface area contributed by atoms with Gasteiger partial charge in [0.2, 0.25) is 0 Å². The molecule has 2 atom stereocenters. The third-order valence-corrected chi connectivity index (χ3v) is 5.59. The first-order valence-corrected chi connectivity index (χ1v) is 8.61. The van der Waals surface area contributed by atoms with E-state index in [1.165, 1.54) is 0 Å². The van der Waals surface area contributed by atoms with E-state index >= 15 is 0 Å². The molecular formula is C12H12Cl2N4S2. The van der Waals surface area contributed by atoms with Crippen LogP contribution in [0.2, 0.25) is 10.0 Å². The van der Waals surface area contributed by atoms with Crippen molar-refractivity contribution in [2.45, 2.75) is 19.9 Å². The van der Waals surface area contributed by atoms with Gasteiger partial charge in [-0.1, -0.05) is 41.9 Å². The number of thioether (sulfide) groups is 1. The van der Waals surface area contributed by atoms with Gasteiger partial charge < -0.3 is 5.32 Å². The maximum atomic E-state index is 6.28. The summed E-state index contributed by atoms with van der Waals surface area (Å²) in [6.45, 7) is 4.32. The quantitative estimate of drug-likeness (QED) is 0.765.